The number of hydrogen-bond donors (Lipinski definition) is 2. The Hall–Kier alpha value is -3.67. The molecule has 0 saturated carbocycles. The molecule has 158 valence electrons. The van der Waals surface area contributed by atoms with Crippen LogP contribution in [0.3, 0.4) is 0 Å². The van der Waals surface area contributed by atoms with Gasteiger partial charge in [0.15, 0.2) is 0 Å². The van der Waals surface area contributed by atoms with Crippen LogP contribution in [0.5, 0.6) is 0 Å². The Labute approximate surface area is 181 Å². The fraction of sp³-hybridized carbons (Fsp3) is 0.240. The first kappa shape index (κ1) is 20.6. The molecule has 0 aliphatic rings. The molecule has 0 aliphatic carbocycles. The largest absolute Gasteiger partial charge is 0.361 e. The summed E-state index contributed by atoms with van der Waals surface area (Å²) in [5.74, 6) is -0.340. The zero-order valence-corrected chi connectivity index (χ0v) is 17.8. The Bertz CT molecular complexity index is 1260. The van der Waals surface area contributed by atoms with E-state index in [1.807, 2.05) is 49.5 Å². The summed E-state index contributed by atoms with van der Waals surface area (Å²) in [6, 6.07) is 13.5. The van der Waals surface area contributed by atoms with Crippen molar-refractivity contribution >= 4 is 16.8 Å². The summed E-state index contributed by atoms with van der Waals surface area (Å²) in [7, 11) is 0. The molecule has 4 rings (SSSR count). The third kappa shape index (κ3) is 4.28. The van der Waals surface area contributed by atoms with Crippen LogP contribution in [0.2, 0.25) is 0 Å². The normalized spacial score (nSPS) is 12.1. The maximum absolute atomic E-state index is 13.1. The van der Waals surface area contributed by atoms with Gasteiger partial charge in [-0.1, -0.05) is 25.1 Å². The number of hydrogen-bond acceptors (Lipinski definition) is 3. The van der Waals surface area contributed by atoms with Crippen LogP contribution in [0.25, 0.3) is 10.9 Å². The molecule has 6 heteroatoms. The van der Waals surface area contributed by atoms with Gasteiger partial charge in [0.25, 0.3) is 11.5 Å². The van der Waals surface area contributed by atoms with Crippen LogP contribution < -0.4 is 10.9 Å². The van der Waals surface area contributed by atoms with E-state index in [1.54, 1.807) is 30.1 Å². The minimum absolute atomic E-state index is 0.172. The molecule has 1 atom stereocenters. The number of rotatable bonds is 7. The predicted octanol–water partition coefficient (Wildman–Crippen LogP) is 4.16. The van der Waals surface area contributed by atoms with Crippen LogP contribution >= 0.6 is 0 Å². The Kier molecular flexibility index (Phi) is 5.98. The first-order valence-electron chi connectivity index (χ1n) is 10.5. The zero-order valence-electron chi connectivity index (χ0n) is 17.8. The maximum atomic E-state index is 13.1. The highest BCUT2D eigenvalue weighted by Gasteiger charge is 2.20. The Balaban J connectivity index is 1.55. The smallest absolute Gasteiger partial charge is 0.263 e. The first-order valence-corrected chi connectivity index (χ1v) is 10.5. The van der Waals surface area contributed by atoms with E-state index >= 15 is 0 Å². The number of aromatic nitrogens is 3. The summed E-state index contributed by atoms with van der Waals surface area (Å²) in [4.78, 5) is 33.5. The summed E-state index contributed by atoms with van der Waals surface area (Å²) in [5, 5.41) is 4.17. The van der Waals surface area contributed by atoms with Gasteiger partial charge in [-0.2, -0.15) is 0 Å². The van der Waals surface area contributed by atoms with Crippen LogP contribution in [0.15, 0.2) is 72.0 Å². The number of para-hydroxylation sites is 1. The quantitative estimate of drug-likeness (QED) is 0.477. The SMILES string of the molecule is CCC(NC(=O)c1c(C)ccn(CCc2c[nH]c3ccccc23)c1=O)c1ccncc1. The average molecular weight is 415 g/mol. The summed E-state index contributed by atoms with van der Waals surface area (Å²) in [5.41, 5.74) is 3.82. The number of aromatic amines is 1. The third-order valence-electron chi connectivity index (χ3n) is 5.72. The second-order valence-electron chi connectivity index (χ2n) is 7.70. The van der Waals surface area contributed by atoms with Gasteiger partial charge in [-0.3, -0.25) is 14.6 Å². The number of pyridine rings is 2. The fourth-order valence-corrected chi connectivity index (χ4v) is 3.94. The molecule has 1 aromatic carbocycles. The number of aryl methyl sites for hydroxylation is 3. The van der Waals surface area contributed by atoms with Gasteiger partial charge in [0.05, 0.1) is 6.04 Å². The van der Waals surface area contributed by atoms with Crippen LogP contribution in [0.1, 0.15) is 46.4 Å². The van der Waals surface area contributed by atoms with E-state index in [2.05, 4.69) is 21.4 Å². The molecule has 0 radical (unpaired) electrons. The number of carbonyl (C=O) groups excluding carboxylic acids is 1. The monoisotopic (exact) mass is 414 g/mol. The summed E-state index contributed by atoms with van der Waals surface area (Å²) >= 11 is 0. The highest BCUT2D eigenvalue weighted by atomic mass is 16.2. The molecule has 3 aromatic heterocycles. The molecule has 0 aliphatic heterocycles. The van der Waals surface area contributed by atoms with E-state index in [0.717, 1.165) is 28.5 Å². The molecule has 3 heterocycles. The van der Waals surface area contributed by atoms with Crippen molar-refractivity contribution < 1.29 is 4.79 Å². The van der Waals surface area contributed by atoms with Gasteiger partial charge in [-0.05, 0) is 60.7 Å². The lowest BCUT2D eigenvalue weighted by molar-refractivity contribution is 0.0932. The third-order valence-corrected chi connectivity index (χ3v) is 5.72. The van der Waals surface area contributed by atoms with Crippen molar-refractivity contribution in [3.05, 3.63) is 99.9 Å². The lowest BCUT2D eigenvalue weighted by atomic mass is 10.0. The van der Waals surface area contributed by atoms with Gasteiger partial charge in [0.1, 0.15) is 5.56 Å². The molecular weight excluding hydrogens is 388 g/mol. The summed E-state index contributed by atoms with van der Waals surface area (Å²) in [6.45, 7) is 4.30. The van der Waals surface area contributed by atoms with E-state index in [1.165, 1.54) is 0 Å². The van der Waals surface area contributed by atoms with Gasteiger partial charge in [-0.15, -0.1) is 0 Å². The molecule has 2 N–H and O–H groups in total. The Morgan fingerprint density at radius 2 is 1.94 bits per heavy atom. The van der Waals surface area contributed by atoms with Crippen molar-refractivity contribution in [3.8, 4) is 0 Å². The molecule has 6 nitrogen and oxygen atoms in total. The minimum atomic E-state index is -0.340. The minimum Gasteiger partial charge on any atom is -0.361 e. The van der Waals surface area contributed by atoms with Crippen LogP contribution in [0.4, 0.5) is 0 Å². The second kappa shape index (κ2) is 9.00. The second-order valence-corrected chi connectivity index (χ2v) is 7.70. The van der Waals surface area contributed by atoms with Crippen molar-refractivity contribution in [1.29, 1.82) is 0 Å². The molecular formula is C25H26N4O2. The van der Waals surface area contributed by atoms with Crippen molar-refractivity contribution in [3.63, 3.8) is 0 Å². The molecule has 31 heavy (non-hydrogen) atoms. The number of carbonyl (C=O) groups is 1. The van der Waals surface area contributed by atoms with E-state index in [4.69, 9.17) is 0 Å². The van der Waals surface area contributed by atoms with Crippen LogP contribution in [-0.2, 0) is 13.0 Å². The van der Waals surface area contributed by atoms with Crippen molar-refractivity contribution in [2.75, 3.05) is 0 Å². The number of fused-ring (bicyclic) bond motifs is 1. The van der Waals surface area contributed by atoms with Crippen molar-refractivity contribution in [1.82, 2.24) is 19.9 Å². The standard InChI is InChI=1S/C25H26N4O2/c1-3-21(18-8-12-26-13-9-18)28-24(30)23-17(2)10-14-29(25(23)31)15-11-19-16-27-22-7-5-4-6-20(19)22/h4-10,12-14,16,21,27H,3,11,15H2,1-2H3,(H,28,30). The molecule has 1 amide bonds. The van der Waals surface area contributed by atoms with Gasteiger partial charge in [0.2, 0.25) is 0 Å². The number of nitrogens with one attached hydrogen (secondary N) is 2. The molecule has 0 fully saturated rings. The molecule has 4 aromatic rings. The fourth-order valence-electron chi connectivity index (χ4n) is 3.94. The van der Waals surface area contributed by atoms with E-state index in [-0.39, 0.29) is 23.1 Å². The van der Waals surface area contributed by atoms with E-state index in [9.17, 15) is 9.59 Å². The Morgan fingerprint density at radius 1 is 1.16 bits per heavy atom. The summed E-state index contributed by atoms with van der Waals surface area (Å²) in [6.07, 6.45) is 8.58. The number of amides is 1. The van der Waals surface area contributed by atoms with Crippen LogP contribution in [-0.4, -0.2) is 20.4 Å². The molecule has 1 unspecified atom stereocenters. The predicted molar refractivity (Wildman–Crippen MR) is 122 cm³/mol. The van der Waals surface area contributed by atoms with E-state index in [0.29, 0.717) is 18.5 Å². The van der Waals surface area contributed by atoms with Gasteiger partial charge in [-0.25, -0.2) is 0 Å². The molecule has 0 bridgehead atoms. The first-order chi connectivity index (χ1) is 15.1. The number of H-pyrrole nitrogens is 1. The van der Waals surface area contributed by atoms with Gasteiger partial charge >= 0.3 is 0 Å². The zero-order chi connectivity index (χ0) is 21.8. The number of benzene rings is 1. The topological polar surface area (TPSA) is 79.8 Å². The highest BCUT2D eigenvalue weighted by Crippen LogP contribution is 2.19. The lowest BCUT2D eigenvalue weighted by Gasteiger charge is -2.18. The molecule has 0 saturated heterocycles. The lowest BCUT2D eigenvalue weighted by Crippen LogP contribution is -2.36. The van der Waals surface area contributed by atoms with Gasteiger partial charge < -0.3 is 14.9 Å². The Morgan fingerprint density at radius 3 is 2.71 bits per heavy atom. The average Bonchev–Trinajstić information content (AvgIpc) is 3.21. The van der Waals surface area contributed by atoms with Crippen molar-refractivity contribution in [2.24, 2.45) is 0 Å². The van der Waals surface area contributed by atoms with Gasteiger partial charge in [0, 0.05) is 42.2 Å². The van der Waals surface area contributed by atoms with E-state index < -0.39 is 0 Å². The number of nitrogens with zero attached hydrogens (tertiary/aromatic N) is 2. The molecule has 0 spiro atoms. The van der Waals surface area contributed by atoms with Crippen molar-refractivity contribution in [2.45, 2.75) is 39.3 Å². The van der Waals surface area contributed by atoms with Crippen LogP contribution in [0, 0.1) is 6.92 Å². The summed E-state index contributed by atoms with van der Waals surface area (Å²) < 4.78 is 1.62. The highest BCUT2D eigenvalue weighted by molar-refractivity contribution is 5.95. The maximum Gasteiger partial charge on any atom is 0.263 e.